The lowest BCUT2D eigenvalue weighted by molar-refractivity contribution is -0.114. The van der Waals surface area contributed by atoms with Crippen molar-refractivity contribution in [2.24, 2.45) is 15.7 Å². The number of benzene rings is 1. The lowest BCUT2D eigenvalue weighted by Crippen LogP contribution is -2.15. The van der Waals surface area contributed by atoms with Crippen LogP contribution in [0.2, 0.25) is 0 Å². The van der Waals surface area contributed by atoms with Crippen LogP contribution in [-0.2, 0) is 4.79 Å². The first-order valence-electron chi connectivity index (χ1n) is 4.67. The van der Waals surface area contributed by atoms with E-state index in [2.05, 4.69) is 9.98 Å². The highest BCUT2D eigenvalue weighted by Crippen LogP contribution is 2.18. The molecule has 78 valence electrons. The number of aromatic hydroxyl groups is 1. The van der Waals surface area contributed by atoms with Crippen molar-refractivity contribution in [3.05, 3.63) is 39.8 Å². The normalized spacial score (nSPS) is 14.9. The second-order valence-electron chi connectivity index (χ2n) is 3.54. The number of nitrogens with zero attached hydrogens (tertiary/aromatic N) is 2. The number of hydrogen-bond acceptors (Lipinski definition) is 4. The van der Waals surface area contributed by atoms with Gasteiger partial charge in [0.1, 0.15) is 16.8 Å². The largest absolute Gasteiger partial charge is 0.506 e. The standard InChI is InChI=1S/C11H7N3O2/c12-11(16)8-3-6-5-1-2-13-10(5)9(15)4-7(6)14-8/h1-4,15H,(H2,12,16). The fourth-order valence-corrected chi connectivity index (χ4v) is 1.84. The molecule has 5 heteroatoms. The summed E-state index contributed by atoms with van der Waals surface area (Å²) >= 11 is 0. The summed E-state index contributed by atoms with van der Waals surface area (Å²) in [6.45, 7) is 0. The highest BCUT2D eigenvalue weighted by Gasteiger charge is 2.17. The van der Waals surface area contributed by atoms with E-state index in [4.69, 9.17) is 5.73 Å². The first-order valence-corrected chi connectivity index (χ1v) is 4.67. The number of carbonyl (C=O) groups excluding carboxylic acids is 1. The van der Waals surface area contributed by atoms with Crippen LogP contribution in [0.15, 0.2) is 27.9 Å². The first kappa shape index (κ1) is 8.84. The van der Waals surface area contributed by atoms with Gasteiger partial charge in [0.25, 0.3) is 5.91 Å². The summed E-state index contributed by atoms with van der Waals surface area (Å²) < 4.78 is 0. The van der Waals surface area contributed by atoms with Gasteiger partial charge in [0.05, 0.1) is 5.36 Å². The molecule has 0 aliphatic carbocycles. The topological polar surface area (TPSA) is 88.0 Å². The Morgan fingerprint density at radius 2 is 2.19 bits per heavy atom. The number of hydrogen-bond donors (Lipinski definition) is 2. The molecule has 2 aliphatic rings. The molecule has 2 aliphatic heterocycles. The maximum absolute atomic E-state index is 11.0. The Balaban J connectivity index is 2.38. The van der Waals surface area contributed by atoms with Crippen molar-refractivity contribution in [2.75, 3.05) is 0 Å². The van der Waals surface area contributed by atoms with Gasteiger partial charge in [-0.05, 0) is 12.2 Å². The zero-order valence-electron chi connectivity index (χ0n) is 8.14. The summed E-state index contributed by atoms with van der Waals surface area (Å²) in [5.74, 6) is -0.523. The first-order chi connectivity index (χ1) is 7.66. The van der Waals surface area contributed by atoms with Gasteiger partial charge in [0.15, 0.2) is 0 Å². The second kappa shape index (κ2) is 2.79. The fourth-order valence-electron chi connectivity index (χ4n) is 1.84. The van der Waals surface area contributed by atoms with Gasteiger partial charge in [-0.3, -0.25) is 9.79 Å². The van der Waals surface area contributed by atoms with E-state index in [0.29, 0.717) is 10.7 Å². The van der Waals surface area contributed by atoms with Gasteiger partial charge in [-0.1, -0.05) is 0 Å². The Hall–Kier alpha value is -2.43. The predicted octanol–water partition coefficient (Wildman–Crippen LogP) is -0.545. The average Bonchev–Trinajstić information content (AvgIpc) is 2.80. The number of primary amides is 1. The molecule has 3 rings (SSSR count). The number of rotatable bonds is 1. The van der Waals surface area contributed by atoms with Crippen LogP contribution in [0.3, 0.4) is 0 Å². The third-order valence-electron chi connectivity index (χ3n) is 2.56. The number of carbonyl (C=O) groups is 1. The van der Waals surface area contributed by atoms with Crippen molar-refractivity contribution in [3.8, 4) is 5.75 Å². The third kappa shape index (κ3) is 1.02. The highest BCUT2D eigenvalue weighted by atomic mass is 16.3. The van der Waals surface area contributed by atoms with Gasteiger partial charge in [-0.25, -0.2) is 4.99 Å². The van der Waals surface area contributed by atoms with Crippen molar-refractivity contribution in [1.82, 2.24) is 0 Å². The quantitative estimate of drug-likeness (QED) is 0.656. The fraction of sp³-hybridized carbons (Fsp3) is 0. The van der Waals surface area contributed by atoms with Crippen molar-refractivity contribution in [2.45, 2.75) is 0 Å². The van der Waals surface area contributed by atoms with Crippen molar-refractivity contribution < 1.29 is 9.90 Å². The molecule has 0 bridgehead atoms. The molecule has 5 nitrogen and oxygen atoms in total. The molecule has 16 heavy (non-hydrogen) atoms. The molecule has 1 aromatic rings. The Labute approximate surface area is 90.0 Å². The Bertz CT molecular complexity index is 699. The third-order valence-corrected chi connectivity index (χ3v) is 2.56. The van der Waals surface area contributed by atoms with E-state index >= 15 is 0 Å². The molecule has 1 amide bonds. The number of amides is 1. The van der Waals surface area contributed by atoms with Crippen molar-refractivity contribution in [3.63, 3.8) is 0 Å². The van der Waals surface area contributed by atoms with Gasteiger partial charge < -0.3 is 10.8 Å². The molecule has 0 saturated heterocycles. The highest BCUT2D eigenvalue weighted by molar-refractivity contribution is 5.98. The molecule has 0 fully saturated rings. The molecule has 1 aromatic carbocycles. The average molecular weight is 213 g/mol. The lowest BCUT2D eigenvalue weighted by atomic mass is 10.1. The van der Waals surface area contributed by atoms with Gasteiger partial charge in [0.2, 0.25) is 0 Å². The van der Waals surface area contributed by atoms with Crippen LogP contribution in [0.5, 0.6) is 5.75 Å². The van der Waals surface area contributed by atoms with E-state index in [-0.39, 0.29) is 11.4 Å². The van der Waals surface area contributed by atoms with Crippen LogP contribution < -0.4 is 16.4 Å². The minimum absolute atomic E-state index is 0.0571. The van der Waals surface area contributed by atoms with E-state index < -0.39 is 5.91 Å². The number of phenolic OH excluding ortho intramolecular Hbond substituents is 1. The Morgan fingerprint density at radius 1 is 1.38 bits per heavy atom. The zero-order valence-corrected chi connectivity index (χ0v) is 8.14. The van der Waals surface area contributed by atoms with Gasteiger partial charge >= 0.3 is 0 Å². The molecular weight excluding hydrogens is 206 g/mol. The van der Waals surface area contributed by atoms with E-state index in [1.54, 1.807) is 18.4 Å². The van der Waals surface area contributed by atoms with Crippen molar-refractivity contribution in [1.29, 1.82) is 0 Å². The van der Waals surface area contributed by atoms with Crippen LogP contribution in [0.4, 0.5) is 0 Å². The van der Waals surface area contributed by atoms with Gasteiger partial charge in [-0.2, -0.15) is 0 Å². The van der Waals surface area contributed by atoms with Crippen LogP contribution in [0.1, 0.15) is 11.1 Å². The van der Waals surface area contributed by atoms with Crippen LogP contribution in [0, 0.1) is 0 Å². The van der Waals surface area contributed by atoms with Gasteiger partial charge in [-0.15, -0.1) is 0 Å². The monoisotopic (exact) mass is 213 g/mol. The summed E-state index contributed by atoms with van der Waals surface area (Å²) in [7, 11) is 0. The molecule has 0 saturated carbocycles. The maximum atomic E-state index is 11.0. The summed E-state index contributed by atoms with van der Waals surface area (Å²) in [5, 5.41) is 10.7. The molecule has 0 spiro atoms. The van der Waals surface area contributed by atoms with Gasteiger partial charge in [0, 0.05) is 23.4 Å². The number of fused-ring (bicyclic) bond motifs is 3. The van der Waals surface area contributed by atoms with Crippen LogP contribution in [-0.4, -0.2) is 11.0 Å². The van der Waals surface area contributed by atoms with E-state index in [0.717, 1.165) is 11.1 Å². The summed E-state index contributed by atoms with van der Waals surface area (Å²) in [5.41, 5.74) is 6.90. The number of phenols is 1. The predicted molar refractivity (Wildman–Crippen MR) is 56.6 cm³/mol. The molecular formula is C11H7N3O2. The summed E-state index contributed by atoms with van der Waals surface area (Å²) in [4.78, 5) is 19.1. The SMILES string of the molecule is NC(=O)C1=Cc2c3c(c(O)cc2=N1)=NC=C3. The molecule has 0 atom stereocenters. The Kier molecular flexibility index (Phi) is 1.54. The van der Waals surface area contributed by atoms with Crippen LogP contribution >= 0.6 is 0 Å². The lowest BCUT2D eigenvalue weighted by Gasteiger charge is -1.98. The van der Waals surface area contributed by atoms with E-state index in [1.165, 1.54) is 6.07 Å². The number of nitrogens with two attached hydrogens (primary N) is 1. The molecule has 2 heterocycles. The van der Waals surface area contributed by atoms with E-state index in [1.807, 2.05) is 0 Å². The summed E-state index contributed by atoms with van der Waals surface area (Å²) in [6, 6.07) is 1.48. The minimum atomic E-state index is -0.580. The van der Waals surface area contributed by atoms with Crippen LogP contribution in [0.25, 0.3) is 12.2 Å². The molecule has 0 unspecified atom stereocenters. The molecule has 0 radical (unpaired) electrons. The minimum Gasteiger partial charge on any atom is -0.506 e. The maximum Gasteiger partial charge on any atom is 0.267 e. The Morgan fingerprint density at radius 3 is 2.94 bits per heavy atom. The smallest absolute Gasteiger partial charge is 0.267 e. The molecule has 0 aromatic heterocycles. The zero-order chi connectivity index (χ0) is 11.3. The molecule has 3 N–H and O–H groups in total. The van der Waals surface area contributed by atoms with Crippen molar-refractivity contribution >= 4 is 18.1 Å². The van der Waals surface area contributed by atoms with E-state index in [9.17, 15) is 9.90 Å². The summed E-state index contributed by atoms with van der Waals surface area (Å²) in [6.07, 6.45) is 4.98. The second-order valence-corrected chi connectivity index (χ2v) is 3.54.